The van der Waals surface area contributed by atoms with Crippen LogP contribution in [0.2, 0.25) is 0 Å². The summed E-state index contributed by atoms with van der Waals surface area (Å²) in [5.74, 6) is 0. The lowest BCUT2D eigenvalue weighted by molar-refractivity contribution is -0.137. The molecule has 3 aromatic rings. The smallest absolute Gasteiger partial charge is 0.353 e. The van der Waals surface area contributed by atoms with Crippen molar-refractivity contribution in [1.29, 1.82) is 0 Å². The molecule has 0 aliphatic carbocycles. The minimum Gasteiger partial charge on any atom is -0.353 e. The lowest BCUT2D eigenvalue weighted by atomic mass is 10.1. The number of benzene rings is 1. The first-order chi connectivity index (χ1) is 11.3. The highest BCUT2D eigenvalue weighted by atomic mass is 79.9. The molecule has 0 N–H and O–H groups in total. The number of aromatic nitrogens is 3. The average molecular weight is 402 g/mol. The number of nitrogens with zero attached hydrogens (tertiary/aromatic N) is 3. The Morgan fingerprint density at radius 3 is 2.54 bits per heavy atom. The number of hydrogen-bond donors (Lipinski definition) is 0. The van der Waals surface area contributed by atoms with Gasteiger partial charge in [-0.25, -0.2) is 4.68 Å². The molecular weight excluding hydrogens is 391 g/mol. The maximum absolute atomic E-state index is 12.5. The van der Waals surface area contributed by atoms with Crippen LogP contribution in [0, 0.1) is 6.92 Å². The van der Waals surface area contributed by atoms with Crippen LogP contribution in [0.15, 0.2) is 38.2 Å². The molecule has 126 valence electrons. The van der Waals surface area contributed by atoms with Crippen molar-refractivity contribution >= 4 is 26.9 Å². The van der Waals surface area contributed by atoms with Gasteiger partial charge in [-0.3, -0.25) is 4.79 Å². The summed E-state index contributed by atoms with van der Waals surface area (Å²) in [5.41, 5.74) is 0.365. The summed E-state index contributed by atoms with van der Waals surface area (Å²) in [6.45, 7) is 1.88. The highest BCUT2D eigenvalue weighted by Gasteiger charge is 2.29. The molecule has 0 unspecified atom stereocenters. The lowest BCUT2D eigenvalue weighted by Gasteiger charge is -2.08. The van der Waals surface area contributed by atoms with Crippen LogP contribution in [0.5, 0.6) is 0 Å². The van der Waals surface area contributed by atoms with Gasteiger partial charge in [0, 0.05) is 6.54 Å². The molecule has 0 saturated carbocycles. The van der Waals surface area contributed by atoms with Gasteiger partial charge in [0.05, 0.1) is 11.3 Å². The molecule has 0 radical (unpaired) electrons. The first kappa shape index (κ1) is 16.7. The van der Waals surface area contributed by atoms with Crippen LogP contribution in [-0.4, -0.2) is 14.9 Å². The number of hydrogen-bond acceptors (Lipinski definition) is 4. The summed E-state index contributed by atoms with van der Waals surface area (Å²) < 4.78 is 44.3. The summed E-state index contributed by atoms with van der Waals surface area (Å²) in [7, 11) is 0. The Hall–Kier alpha value is -2.16. The Kier molecular flexibility index (Phi) is 4.20. The zero-order valence-corrected chi connectivity index (χ0v) is 14.0. The van der Waals surface area contributed by atoms with Gasteiger partial charge < -0.3 is 4.52 Å². The monoisotopic (exact) mass is 401 g/mol. The van der Waals surface area contributed by atoms with Crippen LogP contribution in [0.25, 0.3) is 11.0 Å². The van der Waals surface area contributed by atoms with Crippen molar-refractivity contribution in [2.24, 2.45) is 0 Å². The predicted molar refractivity (Wildman–Crippen MR) is 83.6 cm³/mol. The normalized spacial score (nSPS) is 12.0. The summed E-state index contributed by atoms with van der Waals surface area (Å²) in [6, 6.07) is 4.84. The van der Waals surface area contributed by atoms with Gasteiger partial charge in [0.15, 0.2) is 4.60 Å². The van der Waals surface area contributed by atoms with E-state index in [1.807, 2.05) is 0 Å². The number of halogens is 4. The highest BCUT2D eigenvalue weighted by molar-refractivity contribution is 9.10. The van der Waals surface area contributed by atoms with Crippen molar-refractivity contribution in [2.45, 2.75) is 26.1 Å². The molecule has 0 bridgehead atoms. The Balaban J connectivity index is 1.85. The van der Waals surface area contributed by atoms with E-state index in [0.29, 0.717) is 27.7 Å². The van der Waals surface area contributed by atoms with Crippen molar-refractivity contribution in [1.82, 2.24) is 14.9 Å². The van der Waals surface area contributed by atoms with Gasteiger partial charge in [-0.2, -0.15) is 18.3 Å². The van der Waals surface area contributed by atoms with E-state index >= 15 is 0 Å². The van der Waals surface area contributed by atoms with Gasteiger partial charge in [-0.1, -0.05) is 17.3 Å². The maximum Gasteiger partial charge on any atom is 0.416 e. The van der Waals surface area contributed by atoms with Crippen molar-refractivity contribution in [3.63, 3.8) is 0 Å². The van der Waals surface area contributed by atoms with Gasteiger partial charge in [0.1, 0.15) is 5.39 Å². The molecule has 0 saturated heterocycles. The topological polar surface area (TPSA) is 60.9 Å². The zero-order chi connectivity index (χ0) is 17.5. The third-order valence-corrected chi connectivity index (χ3v) is 4.12. The molecule has 2 heterocycles. The maximum atomic E-state index is 12.5. The molecule has 1 aromatic carbocycles. The molecule has 0 aliphatic rings. The number of alkyl halides is 3. The molecule has 3 rings (SSSR count). The second-order valence-corrected chi connectivity index (χ2v) is 5.99. The fourth-order valence-electron chi connectivity index (χ4n) is 2.34. The van der Waals surface area contributed by atoms with Crippen LogP contribution >= 0.6 is 15.9 Å². The Bertz CT molecular complexity index is 945. The van der Waals surface area contributed by atoms with E-state index in [-0.39, 0.29) is 17.7 Å². The third kappa shape index (κ3) is 3.08. The van der Waals surface area contributed by atoms with E-state index < -0.39 is 11.7 Å². The molecule has 0 amide bonds. The first-order valence-electron chi connectivity index (χ1n) is 6.96. The highest BCUT2D eigenvalue weighted by Crippen LogP contribution is 2.29. The van der Waals surface area contributed by atoms with E-state index in [1.54, 1.807) is 6.92 Å². The van der Waals surface area contributed by atoms with Crippen LogP contribution in [0.3, 0.4) is 0 Å². The second-order valence-electron chi connectivity index (χ2n) is 5.24. The molecule has 2 aromatic heterocycles. The molecule has 5 nitrogen and oxygen atoms in total. The Morgan fingerprint density at radius 2 is 1.92 bits per heavy atom. The van der Waals surface area contributed by atoms with E-state index in [0.717, 1.165) is 12.1 Å². The van der Waals surface area contributed by atoms with Crippen LogP contribution in [0.4, 0.5) is 13.2 Å². The average Bonchev–Trinajstić information content (AvgIpc) is 2.92. The zero-order valence-electron chi connectivity index (χ0n) is 12.4. The fraction of sp³-hybridized carbons (Fsp3) is 0.267. The molecule has 0 atom stereocenters. The molecule has 0 aliphatic heterocycles. The van der Waals surface area contributed by atoms with Gasteiger partial charge in [0.25, 0.3) is 5.56 Å². The van der Waals surface area contributed by atoms with Crippen molar-refractivity contribution < 1.29 is 17.7 Å². The van der Waals surface area contributed by atoms with E-state index in [2.05, 4.69) is 26.2 Å². The van der Waals surface area contributed by atoms with Crippen LogP contribution in [-0.2, 0) is 19.1 Å². The predicted octanol–water partition coefficient (Wildman–Crippen LogP) is 3.72. The minimum atomic E-state index is -4.36. The SMILES string of the molecule is Cc1noc2c(Br)nn(CCc3ccc(C(F)(F)F)cc3)c(=O)c12. The molecule has 0 fully saturated rings. The Labute approximate surface area is 142 Å². The van der Waals surface area contributed by atoms with Crippen molar-refractivity contribution in [3.05, 3.63) is 56.0 Å². The van der Waals surface area contributed by atoms with Crippen molar-refractivity contribution in [2.75, 3.05) is 0 Å². The summed E-state index contributed by atoms with van der Waals surface area (Å²) in [6.07, 6.45) is -3.99. The molecular formula is C15H11BrF3N3O2. The summed E-state index contributed by atoms with van der Waals surface area (Å²) in [5, 5.41) is 8.18. The molecule has 9 heteroatoms. The minimum absolute atomic E-state index is 0.226. The fourth-order valence-corrected chi connectivity index (χ4v) is 2.80. The molecule has 0 spiro atoms. The second kappa shape index (κ2) is 6.04. The number of aryl methyl sites for hydroxylation is 3. The molecule has 24 heavy (non-hydrogen) atoms. The van der Waals surface area contributed by atoms with E-state index in [9.17, 15) is 18.0 Å². The van der Waals surface area contributed by atoms with Crippen LogP contribution < -0.4 is 5.56 Å². The van der Waals surface area contributed by atoms with Gasteiger partial charge in [-0.15, -0.1) is 0 Å². The standard InChI is InChI=1S/C15H11BrF3N3O2/c1-8-11-12(24-21-8)13(16)20-22(14(11)23)7-6-9-2-4-10(5-3-9)15(17,18)19/h2-5H,6-7H2,1H3. The third-order valence-electron chi connectivity index (χ3n) is 3.60. The Morgan fingerprint density at radius 1 is 1.25 bits per heavy atom. The number of rotatable bonds is 3. The van der Waals surface area contributed by atoms with Gasteiger partial charge in [-0.05, 0) is 47.0 Å². The lowest BCUT2D eigenvalue weighted by Crippen LogP contribution is -2.24. The van der Waals surface area contributed by atoms with Crippen molar-refractivity contribution in [3.8, 4) is 0 Å². The first-order valence-corrected chi connectivity index (χ1v) is 7.75. The van der Waals surface area contributed by atoms with E-state index in [4.69, 9.17) is 4.52 Å². The van der Waals surface area contributed by atoms with Gasteiger partial charge in [0.2, 0.25) is 5.58 Å². The number of fused-ring (bicyclic) bond motifs is 1. The quantitative estimate of drug-likeness (QED) is 0.670. The largest absolute Gasteiger partial charge is 0.416 e. The van der Waals surface area contributed by atoms with E-state index in [1.165, 1.54) is 16.8 Å². The summed E-state index contributed by atoms with van der Waals surface area (Å²) in [4.78, 5) is 12.4. The van der Waals surface area contributed by atoms with Crippen LogP contribution in [0.1, 0.15) is 16.8 Å². The van der Waals surface area contributed by atoms with Gasteiger partial charge >= 0.3 is 6.18 Å². The summed E-state index contributed by atoms with van der Waals surface area (Å²) >= 11 is 3.22.